The van der Waals surface area contributed by atoms with Gasteiger partial charge < -0.3 is 10.5 Å². The smallest absolute Gasteiger partial charge is 0.229 e. The Balaban J connectivity index is 2.27. The predicted octanol–water partition coefficient (Wildman–Crippen LogP) is 1.11. The molecular weight excluding hydrogens is 194 g/mol. The minimum Gasteiger partial charge on any atom is -0.477 e. The van der Waals surface area contributed by atoms with Crippen molar-refractivity contribution in [1.82, 2.24) is 20.2 Å². The van der Waals surface area contributed by atoms with E-state index in [0.717, 1.165) is 18.2 Å². The molecular formula is C9H13N5O. The second-order valence-electron chi connectivity index (χ2n) is 3.22. The summed E-state index contributed by atoms with van der Waals surface area (Å²) in [6, 6.07) is 0. The molecule has 0 spiro atoms. The van der Waals surface area contributed by atoms with Crippen LogP contribution >= 0.6 is 0 Å². The first kappa shape index (κ1) is 9.70. The molecule has 0 aliphatic heterocycles. The van der Waals surface area contributed by atoms with Crippen molar-refractivity contribution in [2.75, 3.05) is 12.3 Å². The van der Waals surface area contributed by atoms with E-state index < -0.39 is 0 Å². The zero-order chi connectivity index (χ0) is 10.7. The number of anilines is 1. The van der Waals surface area contributed by atoms with Gasteiger partial charge in [-0.3, -0.25) is 5.10 Å². The second kappa shape index (κ2) is 4.12. The SMILES string of the molecule is CCCCOc1nc(N)nc2[nH]ncc12. The summed E-state index contributed by atoms with van der Waals surface area (Å²) < 4.78 is 5.51. The third kappa shape index (κ3) is 1.98. The Morgan fingerprint density at radius 1 is 1.47 bits per heavy atom. The number of H-pyrrole nitrogens is 1. The fraction of sp³-hybridized carbons (Fsp3) is 0.444. The maximum absolute atomic E-state index is 5.54. The maximum atomic E-state index is 5.54. The van der Waals surface area contributed by atoms with Gasteiger partial charge in [-0.2, -0.15) is 15.1 Å². The van der Waals surface area contributed by atoms with Gasteiger partial charge in [-0.05, 0) is 6.42 Å². The largest absolute Gasteiger partial charge is 0.477 e. The van der Waals surface area contributed by atoms with E-state index >= 15 is 0 Å². The first-order chi connectivity index (χ1) is 7.31. The summed E-state index contributed by atoms with van der Waals surface area (Å²) in [6.07, 6.45) is 3.70. The monoisotopic (exact) mass is 207 g/mol. The molecule has 6 nitrogen and oxygen atoms in total. The normalized spacial score (nSPS) is 10.7. The minimum absolute atomic E-state index is 0.193. The highest BCUT2D eigenvalue weighted by atomic mass is 16.5. The predicted molar refractivity (Wildman–Crippen MR) is 56.5 cm³/mol. The molecule has 0 saturated carbocycles. The lowest BCUT2D eigenvalue weighted by Crippen LogP contribution is -2.02. The first-order valence-corrected chi connectivity index (χ1v) is 4.90. The number of aromatic nitrogens is 4. The van der Waals surface area contributed by atoms with Crippen molar-refractivity contribution in [2.24, 2.45) is 0 Å². The van der Waals surface area contributed by atoms with Crippen LogP contribution in [-0.2, 0) is 0 Å². The second-order valence-corrected chi connectivity index (χ2v) is 3.22. The van der Waals surface area contributed by atoms with Crippen molar-refractivity contribution in [3.63, 3.8) is 0 Å². The molecule has 2 aromatic heterocycles. The third-order valence-corrected chi connectivity index (χ3v) is 2.03. The topological polar surface area (TPSA) is 89.7 Å². The molecule has 6 heteroatoms. The average molecular weight is 207 g/mol. The molecule has 2 heterocycles. The van der Waals surface area contributed by atoms with E-state index in [1.165, 1.54) is 0 Å². The molecule has 2 aromatic rings. The number of ether oxygens (including phenoxy) is 1. The number of nitrogens with one attached hydrogen (secondary N) is 1. The zero-order valence-corrected chi connectivity index (χ0v) is 8.53. The van der Waals surface area contributed by atoms with Crippen LogP contribution in [0, 0.1) is 0 Å². The standard InChI is InChI=1S/C9H13N5O/c1-2-3-4-15-8-6-5-11-14-7(6)12-9(10)13-8/h5H,2-4H2,1H3,(H3,10,11,12,13,14). The Bertz CT molecular complexity index is 453. The van der Waals surface area contributed by atoms with E-state index in [0.29, 0.717) is 18.1 Å². The molecule has 3 N–H and O–H groups in total. The van der Waals surface area contributed by atoms with Crippen LogP contribution in [0.15, 0.2) is 6.20 Å². The van der Waals surface area contributed by atoms with Gasteiger partial charge in [0, 0.05) is 0 Å². The third-order valence-electron chi connectivity index (χ3n) is 2.03. The summed E-state index contributed by atoms with van der Waals surface area (Å²) in [6.45, 7) is 2.73. The van der Waals surface area contributed by atoms with Crippen molar-refractivity contribution < 1.29 is 4.74 Å². The molecule has 0 radical (unpaired) electrons. The van der Waals surface area contributed by atoms with Crippen LogP contribution in [0.25, 0.3) is 11.0 Å². The minimum atomic E-state index is 0.193. The van der Waals surface area contributed by atoms with Crippen LogP contribution in [0.5, 0.6) is 5.88 Å². The molecule has 2 rings (SSSR count). The summed E-state index contributed by atoms with van der Waals surface area (Å²) in [4.78, 5) is 8.02. The van der Waals surface area contributed by atoms with Crippen molar-refractivity contribution in [3.05, 3.63) is 6.20 Å². The molecule has 0 fully saturated rings. The van der Waals surface area contributed by atoms with Gasteiger partial charge in [-0.1, -0.05) is 13.3 Å². The van der Waals surface area contributed by atoms with Gasteiger partial charge in [-0.25, -0.2) is 0 Å². The highest BCUT2D eigenvalue weighted by molar-refractivity contribution is 5.80. The van der Waals surface area contributed by atoms with E-state index in [4.69, 9.17) is 10.5 Å². The number of aromatic amines is 1. The molecule has 0 amide bonds. The Kier molecular flexibility index (Phi) is 2.66. The van der Waals surface area contributed by atoms with Gasteiger partial charge in [0.15, 0.2) is 5.65 Å². The van der Waals surface area contributed by atoms with Crippen LogP contribution in [-0.4, -0.2) is 26.8 Å². The van der Waals surface area contributed by atoms with Gasteiger partial charge in [0.1, 0.15) is 5.39 Å². The van der Waals surface area contributed by atoms with Crippen LogP contribution < -0.4 is 10.5 Å². The average Bonchev–Trinajstić information content (AvgIpc) is 2.65. The highest BCUT2D eigenvalue weighted by Crippen LogP contribution is 2.20. The molecule has 0 aromatic carbocycles. The number of hydrogen-bond acceptors (Lipinski definition) is 5. The number of rotatable bonds is 4. The molecule has 0 atom stereocenters. The van der Waals surface area contributed by atoms with Crippen LogP contribution in [0.4, 0.5) is 5.95 Å². The van der Waals surface area contributed by atoms with Crippen molar-refractivity contribution in [3.8, 4) is 5.88 Å². The van der Waals surface area contributed by atoms with E-state index in [2.05, 4.69) is 27.1 Å². The van der Waals surface area contributed by atoms with E-state index in [1.54, 1.807) is 6.20 Å². The van der Waals surface area contributed by atoms with Crippen molar-refractivity contribution >= 4 is 17.0 Å². The van der Waals surface area contributed by atoms with Gasteiger partial charge in [0.05, 0.1) is 12.8 Å². The van der Waals surface area contributed by atoms with Crippen molar-refractivity contribution in [2.45, 2.75) is 19.8 Å². The fourth-order valence-electron chi connectivity index (χ4n) is 1.25. The first-order valence-electron chi connectivity index (χ1n) is 4.90. The summed E-state index contributed by atoms with van der Waals surface area (Å²) in [5, 5.41) is 7.36. The van der Waals surface area contributed by atoms with Gasteiger partial charge in [0.25, 0.3) is 0 Å². The van der Waals surface area contributed by atoms with E-state index in [-0.39, 0.29) is 5.95 Å². The van der Waals surface area contributed by atoms with Gasteiger partial charge in [0.2, 0.25) is 11.8 Å². The van der Waals surface area contributed by atoms with E-state index in [1.807, 2.05) is 0 Å². The molecule has 80 valence electrons. The molecule has 0 bridgehead atoms. The number of nitrogen functional groups attached to an aromatic ring is 1. The molecule has 15 heavy (non-hydrogen) atoms. The molecule has 0 saturated heterocycles. The molecule has 0 aliphatic rings. The van der Waals surface area contributed by atoms with Crippen molar-refractivity contribution in [1.29, 1.82) is 0 Å². The Labute approximate surface area is 86.9 Å². The number of nitrogens with two attached hydrogens (primary N) is 1. The molecule has 0 unspecified atom stereocenters. The van der Waals surface area contributed by atoms with E-state index in [9.17, 15) is 0 Å². The Morgan fingerprint density at radius 3 is 3.13 bits per heavy atom. The quantitative estimate of drug-likeness (QED) is 0.733. The fourth-order valence-corrected chi connectivity index (χ4v) is 1.25. The summed E-state index contributed by atoms with van der Waals surface area (Å²) in [7, 11) is 0. The molecule has 0 aliphatic carbocycles. The highest BCUT2D eigenvalue weighted by Gasteiger charge is 2.08. The Morgan fingerprint density at radius 2 is 2.33 bits per heavy atom. The summed E-state index contributed by atoms with van der Waals surface area (Å²) in [5.41, 5.74) is 6.14. The summed E-state index contributed by atoms with van der Waals surface area (Å²) >= 11 is 0. The maximum Gasteiger partial charge on any atom is 0.229 e. The number of unbranched alkanes of at least 4 members (excludes halogenated alkanes) is 1. The van der Waals surface area contributed by atoms with Crippen LogP contribution in [0.1, 0.15) is 19.8 Å². The zero-order valence-electron chi connectivity index (χ0n) is 8.53. The van der Waals surface area contributed by atoms with Gasteiger partial charge >= 0.3 is 0 Å². The summed E-state index contributed by atoms with van der Waals surface area (Å²) in [5.74, 6) is 0.693. The lowest BCUT2D eigenvalue weighted by atomic mass is 10.3. The lowest BCUT2D eigenvalue weighted by molar-refractivity contribution is 0.302. The lowest BCUT2D eigenvalue weighted by Gasteiger charge is -2.05. The van der Waals surface area contributed by atoms with Crippen LogP contribution in [0.3, 0.4) is 0 Å². The van der Waals surface area contributed by atoms with Gasteiger partial charge in [-0.15, -0.1) is 0 Å². The van der Waals surface area contributed by atoms with Crippen LogP contribution in [0.2, 0.25) is 0 Å². The Hall–Kier alpha value is -1.85. The number of nitrogens with zero attached hydrogens (tertiary/aromatic N) is 3. The number of hydrogen-bond donors (Lipinski definition) is 2. The number of fused-ring (bicyclic) bond motifs is 1.